The molecule has 1 atom stereocenters. The highest BCUT2D eigenvalue weighted by Gasteiger charge is 2.27. The molecular weight excluding hydrogens is 454 g/mol. The highest BCUT2D eigenvalue weighted by Crippen LogP contribution is 2.34. The molecule has 0 radical (unpaired) electrons. The minimum atomic E-state index is -0.575. The van der Waals surface area contributed by atoms with Crippen molar-refractivity contribution in [3.63, 3.8) is 0 Å². The second kappa shape index (κ2) is 9.45. The van der Waals surface area contributed by atoms with Gasteiger partial charge < -0.3 is 15.4 Å². The molecular formula is C25H24ClN5O3. The van der Waals surface area contributed by atoms with Gasteiger partial charge in [0, 0.05) is 22.5 Å². The molecule has 1 saturated carbocycles. The molecule has 5 rings (SSSR count). The lowest BCUT2D eigenvalue weighted by Crippen LogP contribution is -2.37. The first-order valence-corrected chi connectivity index (χ1v) is 11.8. The summed E-state index contributed by atoms with van der Waals surface area (Å²) in [5.74, 6) is 0.411. The Morgan fingerprint density at radius 3 is 2.82 bits per heavy atom. The van der Waals surface area contributed by atoms with Crippen LogP contribution in [0.5, 0.6) is 0 Å². The Hall–Kier alpha value is -3.41. The lowest BCUT2D eigenvalue weighted by atomic mass is 9.98. The average molecular weight is 478 g/mol. The van der Waals surface area contributed by atoms with Crippen molar-refractivity contribution >= 4 is 40.3 Å². The van der Waals surface area contributed by atoms with Gasteiger partial charge in [0.05, 0.1) is 29.7 Å². The summed E-state index contributed by atoms with van der Waals surface area (Å²) in [6.07, 6.45) is 3.28. The van der Waals surface area contributed by atoms with Crippen LogP contribution < -0.4 is 10.6 Å². The number of carbonyl (C=O) groups excluding carboxylic acids is 2. The monoisotopic (exact) mass is 477 g/mol. The number of fused-ring (bicyclic) bond motifs is 1. The molecule has 9 heteroatoms. The number of piperidine rings is 1. The fraction of sp³-hybridized carbons (Fsp3) is 0.360. The van der Waals surface area contributed by atoms with Crippen LogP contribution in [0.15, 0.2) is 36.4 Å². The molecule has 1 aromatic heterocycles. The minimum absolute atomic E-state index is 0.139. The summed E-state index contributed by atoms with van der Waals surface area (Å²) in [6, 6.07) is 12.6. The van der Waals surface area contributed by atoms with Gasteiger partial charge in [0.1, 0.15) is 0 Å². The molecule has 1 aliphatic carbocycles. The van der Waals surface area contributed by atoms with Crippen molar-refractivity contribution in [1.82, 2.24) is 15.1 Å². The fourth-order valence-electron chi connectivity index (χ4n) is 4.16. The summed E-state index contributed by atoms with van der Waals surface area (Å²) in [6.45, 7) is 1.88. The molecule has 34 heavy (non-hydrogen) atoms. The number of nitriles is 1. The predicted octanol–water partition coefficient (Wildman–Crippen LogP) is 4.56. The second-order valence-corrected chi connectivity index (χ2v) is 9.26. The van der Waals surface area contributed by atoms with Gasteiger partial charge in [0.15, 0.2) is 5.82 Å². The SMILES string of the molecule is N#Cc1ccc(Cl)c(-c2ccc3c(c2)c(NC(=O)[C@@H]2CCCNC2)nn3C(=O)OCC2CC2)c1. The van der Waals surface area contributed by atoms with Crippen LogP contribution in [0.1, 0.15) is 31.2 Å². The zero-order valence-corrected chi connectivity index (χ0v) is 19.3. The molecule has 2 fully saturated rings. The molecule has 0 bridgehead atoms. The van der Waals surface area contributed by atoms with E-state index in [1.165, 1.54) is 4.68 Å². The Morgan fingerprint density at radius 2 is 2.09 bits per heavy atom. The van der Waals surface area contributed by atoms with Gasteiger partial charge >= 0.3 is 6.09 Å². The normalized spacial score (nSPS) is 17.8. The van der Waals surface area contributed by atoms with Gasteiger partial charge in [-0.25, -0.2) is 4.79 Å². The molecule has 8 nitrogen and oxygen atoms in total. The third-order valence-corrected chi connectivity index (χ3v) is 6.64. The number of benzene rings is 2. The van der Waals surface area contributed by atoms with E-state index in [9.17, 15) is 14.9 Å². The van der Waals surface area contributed by atoms with Crippen LogP contribution >= 0.6 is 11.6 Å². The van der Waals surface area contributed by atoms with Crippen molar-refractivity contribution in [2.75, 3.05) is 25.0 Å². The van der Waals surface area contributed by atoms with Crippen LogP contribution in [0.25, 0.3) is 22.0 Å². The van der Waals surface area contributed by atoms with E-state index in [-0.39, 0.29) is 11.8 Å². The van der Waals surface area contributed by atoms with Gasteiger partial charge in [0.2, 0.25) is 5.91 Å². The van der Waals surface area contributed by atoms with E-state index in [0.717, 1.165) is 37.8 Å². The molecule has 1 saturated heterocycles. The topological polar surface area (TPSA) is 109 Å². The third-order valence-electron chi connectivity index (χ3n) is 6.31. The Balaban J connectivity index is 1.53. The van der Waals surface area contributed by atoms with Crippen LogP contribution in [-0.4, -0.2) is 41.5 Å². The summed E-state index contributed by atoms with van der Waals surface area (Å²) in [4.78, 5) is 25.7. The first-order valence-electron chi connectivity index (χ1n) is 11.4. The highest BCUT2D eigenvalue weighted by molar-refractivity contribution is 6.33. The number of nitrogens with one attached hydrogen (secondary N) is 2. The van der Waals surface area contributed by atoms with Crippen molar-refractivity contribution < 1.29 is 14.3 Å². The lowest BCUT2D eigenvalue weighted by Gasteiger charge is -2.21. The summed E-state index contributed by atoms with van der Waals surface area (Å²) in [7, 11) is 0. The molecule has 2 aromatic carbocycles. The molecule has 0 unspecified atom stereocenters. The number of nitrogens with zero attached hydrogens (tertiary/aromatic N) is 3. The van der Waals surface area contributed by atoms with Gasteiger partial charge in [-0.3, -0.25) is 4.79 Å². The smallest absolute Gasteiger partial charge is 0.435 e. The van der Waals surface area contributed by atoms with Crippen molar-refractivity contribution in [2.45, 2.75) is 25.7 Å². The van der Waals surface area contributed by atoms with E-state index < -0.39 is 6.09 Å². The molecule has 2 aliphatic rings. The summed E-state index contributed by atoms with van der Waals surface area (Å²) in [5, 5.41) is 21.0. The Labute approximate surface area is 201 Å². The molecule has 2 heterocycles. The minimum Gasteiger partial charge on any atom is -0.448 e. The van der Waals surface area contributed by atoms with E-state index in [1.54, 1.807) is 24.3 Å². The van der Waals surface area contributed by atoms with Crippen LogP contribution in [0, 0.1) is 23.2 Å². The number of amides is 1. The average Bonchev–Trinajstić information content (AvgIpc) is 3.64. The number of ether oxygens (including phenoxy) is 1. The zero-order chi connectivity index (χ0) is 23.7. The van der Waals surface area contributed by atoms with E-state index in [4.69, 9.17) is 16.3 Å². The number of carbonyl (C=O) groups is 2. The Bertz CT molecular complexity index is 1300. The Morgan fingerprint density at radius 1 is 1.24 bits per heavy atom. The molecule has 3 aromatic rings. The number of rotatable bonds is 5. The highest BCUT2D eigenvalue weighted by atomic mass is 35.5. The van der Waals surface area contributed by atoms with Crippen molar-refractivity contribution in [1.29, 1.82) is 5.26 Å². The standard InChI is InChI=1S/C25H24ClN5O3/c26-21-7-5-16(12-27)10-19(21)17-6-8-22-20(11-17)23(29-24(32)18-2-1-9-28-13-18)30-31(22)25(33)34-14-15-3-4-15/h5-8,10-11,15,18,28H,1-4,9,13-14H2,(H,29,30,32)/t18-/m1/s1. The van der Waals surface area contributed by atoms with Crippen LogP contribution in [0.2, 0.25) is 5.02 Å². The Kier molecular flexibility index (Phi) is 6.22. The predicted molar refractivity (Wildman–Crippen MR) is 129 cm³/mol. The third kappa shape index (κ3) is 4.63. The van der Waals surface area contributed by atoms with Gasteiger partial charge in [-0.05, 0) is 74.0 Å². The van der Waals surface area contributed by atoms with E-state index in [1.807, 2.05) is 12.1 Å². The first kappa shape index (κ1) is 22.4. The van der Waals surface area contributed by atoms with Crippen LogP contribution in [0.4, 0.5) is 10.6 Å². The summed E-state index contributed by atoms with van der Waals surface area (Å²) >= 11 is 6.42. The first-order chi connectivity index (χ1) is 16.5. The van der Waals surface area contributed by atoms with Crippen molar-refractivity contribution in [3.8, 4) is 17.2 Å². The molecule has 0 spiro atoms. The van der Waals surface area contributed by atoms with Gasteiger partial charge in [-0.1, -0.05) is 17.7 Å². The number of hydrogen-bond acceptors (Lipinski definition) is 6. The summed E-state index contributed by atoms with van der Waals surface area (Å²) < 4.78 is 6.64. The summed E-state index contributed by atoms with van der Waals surface area (Å²) in [5.41, 5.74) is 2.43. The van der Waals surface area contributed by atoms with E-state index in [2.05, 4.69) is 21.8 Å². The molecule has 1 amide bonds. The number of halogens is 1. The maximum Gasteiger partial charge on any atom is 0.435 e. The van der Waals surface area contributed by atoms with Gasteiger partial charge in [0.25, 0.3) is 0 Å². The lowest BCUT2D eigenvalue weighted by molar-refractivity contribution is -0.120. The molecule has 2 N–H and O–H groups in total. The number of aromatic nitrogens is 2. The van der Waals surface area contributed by atoms with Crippen LogP contribution in [0.3, 0.4) is 0 Å². The van der Waals surface area contributed by atoms with E-state index >= 15 is 0 Å². The largest absolute Gasteiger partial charge is 0.448 e. The van der Waals surface area contributed by atoms with Gasteiger partial charge in [-0.2, -0.15) is 9.94 Å². The van der Waals surface area contributed by atoms with E-state index in [0.29, 0.717) is 51.9 Å². The second-order valence-electron chi connectivity index (χ2n) is 8.85. The zero-order valence-electron chi connectivity index (χ0n) is 18.5. The quantitative estimate of drug-likeness (QED) is 0.557. The van der Waals surface area contributed by atoms with Crippen molar-refractivity contribution in [3.05, 3.63) is 47.0 Å². The maximum atomic E-state index is 12.9. The fourth-order valence-corrected chi connectivity index (χ4v) is 4.39. The number of anilines is 1. The molecule has 174 valence electrons. The van der Waals surface area contributed by atoms with Gasteiger partial charge in [-0.15, -0.1) is 5.10 Å². The van der Waals surface area contributed by atoms with Crippen molar-refractivity contribution in [2.24, 2.45) is 11.8 Å². The molecule has 1 aliphatic heterocycles. The maximum absolute atomic E-state index is 12.9. The number of hydrogen-bond donors (Lipinski definition) is 2. The van der Waals surface area contributed by atoms with Crippen LogP contribution in [-0.2, 0) is 9.53 Å².